The summed E-state index contributed by atoms with van der Waals surface area (Å²) in [5.41, 5.74) is 8.13. The van der Waals surface area contributed by atoms with Gasteiger partial charge in [-0.3, -0.25) is 0 Å². The molecule has 0 saturated heterocycles. The van der Waals surface area contributed by atoms with Crippen LogP contribution in [0.15, 0.2) is 30.3 Å². The van der Waals surface area contributed by atoms with Crippen molar-refractivity contribution in [1.82, 2.24) is 0 Å². The summed E-state index contributed by atoms with van der Waals surface area (Å²) in [6.07, 6.45) is 6.72. The van der Waals surface area contributed by atoms with Crippen LogP contribution in [0, 0.1) is 5.92 Å². The summed E-state index contributed by atoms with van der Waals surface area (Å²) < 4.78 is 0. The molecule has 0 aromatic heterocycles. The van der Waals surface area contributed by atoms with Gasteiger partial charge in [-0.25, -0.2) is 0 Å². The minimum absolute atomic E-state index is 0.151. The first kappa shape index (κ1) is 9.41. The van der Waals surface area contributed by atoms with Crippen molar-refractivity contribution >= 4 is 0 Å². The monoisotopic (exact) mass is 201 g/mol. The van der Waals surface area contributed by atoms with E-state index in [4.69, 9.17) is 5.73 Å². The van der Waals surface area contributed by atoms with E-state index in [-0.39, 0.29) is 5.54 Å². The van der Waals surface area contributed by atoms with E-state index in [2.05, 4.69) is 30.3 Å². The molecule has 0 heterocycles. The summed E-state index contributed by atoms with van der Waals surface area (Å²) in [6, 6.07) is 10.8. The Labute approximate surface area is 91.7 Å². The van der Waals surface area contributed by atoms with Crippen LogP contribution in [-0.2, 0) is 0 Å². The average Bonchev–Trinajstić information content (AvgIpc) is 2.76. The van der Waals surface area contributed by atoms with E-state index in [0.717, 1.165) is 5.92 Å². The highest BCUT2D eigenvalue weighted by Gasteiger charge is 2.56. The molecule has 1 nitrogen and oxygen atoms in total. The fraction of sp³-hybridized carbons (Fsp3) is 0.571. The minimum Gasteiger partial charge on any atom is -0.324 e. The number of nitrogens with two attached hydrogens (primary N) is 1. The Kier molecular flexibility index (Phi) is 2.10. The van der Waals surface area contributed by atoms with Crippen molar-refractivity contribution in [1.29, 1.82) is 0 Å². The Hall–Kier alpha value is -0.820. The maximum Gasteiger partial charge on any atom is 0.0259 e. The van der Waals surface area contributed by atoms with Gasteiger partial charge < -0.3 is 5.73 Å². The predicted molar refractivity (Wildman–Crippen MR) is 62.7 cm³/mol. The van der Waals surface area contributed by atoms with E-state index < -0.39 is 0 Å². The lowest BCUT2D eigenvalue weighted by Gasteiger charge is -2.19. The van der Waals surface area contributed by atoms with Crippen molar-refractivity contribution < 1.29 is 0 Å². The van der Waals surface area contributed by atoms with Crippen LogP contribution in [0.2, 0.25) is 0 Å². The molecule has 2 saturated carbocycles. The van der Waals surface area contributed by atoms with Gasteiger partial charge in [0.15, 0.2) is 0 Å². The average molecular weight is 201 g/mol. The number of hydrogen-bond donors (Lipinski definition) is 1. The summed E-state index contributed by atoms with van der Waals surface area (Å²) in [7, 11) is 0. The molecule has 2 aliphatic carbocycles. The summed E-state index contributed by atoms with van der Waals surface area (Å²) in [5.74, 6) is 1.43. The molecule has 0 amide bonds. The molecular formula is C14H19N. The molecule has 2 fully saturated rings. The Morgan fingerprint density at radius 3 is 2.40 bits per heavy atom. The lowest BCUT2D eigenvalue weighted by atomic mass is 9.92. The van der Waals surface area contributed by atoms with Crippen LogP contribution in [-0.4, -0.2) is 5.54 Å². The van der Waals surface area contributed by atoms with Gasteiger partial charge in [0.05, 0.1) is 0 Å². The van der Waals surface area contributed by atoms with Crippen LogP contribution in [0.3, 0.4) is 0 Å². The molecule has 15 heavy (non-hydrogen) atoms. The lowest BCUT2D eigenvalue weighted by Crippen LogP contribution is -2.32. The van der Waals surface area contributed by atoms with Crippen LogP contribution in [0.25, 0.3) is 0 Å². The summed E-state index contributed by atoms with van der Waals surface area (Å²) in [4.78, 5) is 0. The van der Waals surface area contributed by atoms with Gasteiger partial charge in [0.25, 0.3) is 0 Å². The topological polar surface area (TPSA) is 26.0 Å². The van der Waals surface area contributed by atoms with Crippen LogP contribution in [0.1, 0.15) is 43.6 Å². The van der Waals surface area contributed by atoms with Gasteiger partial charge in [-0.15, -0.1) is 0 Å². The zero-order valence-electron chi connectivity index (χ0n) is 9.15. The first-order valence-electron chi connectivity index (χ1n) is 6.14. The van der Waals surface area contributed by atoms with Gasteiger partial charge in [-0.05, 0) is 30.7 Å². The molecule has 2 N–H and O–H groups in total. The van der Waals surface area contributed by atoms with E-state index in [1.165, 1.54) is 37.7 Å². The standard InChI is InChI=1S/C14H19N/c15-14(12-8-4-5-9-12)10-13(14)11-6-2-1-3-7-11/h1-3,6-7,12-13H,4-5,8-10,15H2. The second kappa shape index (κ2) is 3.34. The largest absolute Gasteiger partial charge is 0.324 e. The highest BCUT2D eigenvalue weighted by Crippen LogP contribution is 2.57. The molecule has 1 aromatic carbocycles. The van der Waals surface area contributed by atoms with Crippen LogP contribution in [0.4, 0.5) is 0 Å². The first-order valence-corrected chi connectivity index (χ1v) is 6.14. The Morgan fingerprint density at radius 2 is 1.73 bits per heavy atom. The Bertz CT molecular complexity index is 340. The second-order valence-corrected chi connectivity index (χ2v) is 5.26. The van der Waals surface area contributed by atoms with E-state index in [0.29, 0.717) is 5.92 Å². The maximum absolute atomic E-state index is 6.53. The van der Waals surface area contributed by atoms with E-state index in [1.54, 1.807) is 0 Å². The van der Waals surface area contributed by atoms with Gasteiger partial charge in [-0.1, -0.05) is 43.2 Å². The van der Waals surface area contributed by atoms with Crippen LogP contribution >= 0.6 is 0 Å². The molecule has 2 atom stereocenters. The maximum atomic E-state index is 6.53. The Balaban J connectivity index is 1.77. The van der Waals surface area contributed by atoms with Crippen molar-refractivity contribution in [2.45, 2.75) is 43.6 Å². The molecule has 0 radical (unpaired) electrons. The minimum atomic E-state index is 0.151. The predicted octanol–water partition coefficient (Wildman–Crippen LogP) is 3.06. The van der Waals surface area contributed by atoms with Crippen molar-refractivity contribution in [3.05, 3.63) is 35.9 Å². The van der Waals surface area contributed by atoms with Gasteiger partial charge >= 0.3 is 0 Å². The van der Waals surface area contributed by atoms with Gasteiger partial charge in [0.1, 0.15) is 0 Å². The van der Waals surface area contributed by atoms with E-state index >= 15 is 0 Å². The summed E-state index contributed by atoms with van der Waals surface area (Å²) in [5, 5.41) is 0. The second-order valence-electron chi connectivity index (χ2n) is 5.26. The highest BCUT2D eigenvalue weighted by atomic mass is 14.9. The summed E-state index contributed by atoms with van der Waals surface area (Å²) >= 11 is 0. The molecule has 1 heteroatoms. The molecule has 0 bridgehead atoms. The third-order valence-electron chi connectivity index (χ3n) is 4.36. The Morgan fingerprint density at radius 1 is 1.07 bits per heavy atom. The lowest BCUT2D eigenvalue weighted by molar-refractivity contribution is 0.404. The molecule has 2 unspecified atom stereocenters. The molecule has 80 valence electrons. The normalized spacial score (nSPS) is 35.7. The van der Waals surface area contributed by atoms with Crippen molar-refractivity contribution in [2.24, 2.45) is 11.7 Å². The van der Waals surface area contributed by atoms with Crippen LogP contribution < -0.4 is 5.73 Å². The van der Waals surface area contributed by atoms with Gasteiger partial charge in [0, 0.05) is 11.5 Å². The quantitative estimate of drug-likeness (QED) is 0.782. The third-order valence-corrected chi connectivity index (χ3v) is 4.36. The number of rotatable bonds is 2. The van der Waals surface area contributed by atoms with Crippen molar-refractivity contribution in [3.8, 4) is 0 Å². The first-order chi connectivity index (χ1) is 7.31. The molecular weight excluding hydrogens is 182 g/mol. The molecule has 1 aromatic rings. The van der Waals surface area contributed by atoms with Crippen LogP contribution in [0.5, 0.6) is 0 Å². The van der Waals surface area contributed by atoms with E-state index in [9.17, 15) is 0 Å². The number of benzene rings is 1. The van der Waals surface area contributed by atoms with Gasteiger partial charge in [0.2, 0.25) is 0 Å². The van der Waals surface area contributed by atoms with Crippen molar-refractivity contribution in [3.63, 3.8) is 0 Å². The zero-order chi connectivity index (χ0) is 10.3. The molecule has 3 rings (SSSR count). The fourth-order valence-electron chi connectivity index (χ4n) is 3.32. The fourth-order valence-corrected chi connectivity index (χ4v) is 3.32. The zero-order valence-corrected chi connectivity index (χ0v) is 9.15. The SMILES string of the molecule is NC1(C2CCCC2)CC1c1ccccc1. The molecule has 0 aliphatic heterocycles. The van der Waals surface area contributed by atoms with Gasteiger partial charge in [-0.2, -0.15) is 0 Å². The molecule has 0 spiro atoms. The highest BCUT2D eigenvalue weighted by molar-refractivity contribution is 5.33. The van der Waals surface area contributed by atoms with Crippen molar-refractivity contribution in [2.75, 3.05) is 0 Å². The van der Waals surface area contributed by atoms with E-state index in [1.807, 2.05) is 0 Å². The third kappa shape index (κ3) is 1.50. The number of hydrogen-bond acceptors (Lipinski definition) is 1. The smallest absolute Gasteiger partial charge is 0.0259 e. The summed E-state index contributed by atoms with van der Waals surface area (Å²) in [6.45, 7) is 0. The molecule has 2 aliphatic rings.